The summed E-state index contributed by atoms with van der Waals surface area (Å²) in [6.45, 7) is 3.54. The zero-order valence-corrected chi connectivity index (χ0v) is 11.4. The van der Waals surface area contributed by atoms with E-state index in [4.69, 9.17) is 0 Å². The van der Waals surface area contributed by atoms with Gasteiger partial charge < -0.3 is 4.18 Å². The first-order valence-corrected chi connectivity index (χ1v) is 7.19. The van der Waals surface area contributed by atoms with E-state index in [-0.39, 0.29) is 5.75 Å². The Bertz CT molecular complexity index is 536. The number of unbranched alkanes of at least 4 members (excludes halogenated alkanes) is 1. The summed E-state index contributed by atoms with van der Waals surface area (Å²) in [5.74, 6) is -0.272. The van der Waals surface area contributed by atoms with Gasteiger partial charge in [-0.25, -0.2) is 0 Å². The maximum absolute atomic E-state index is 12.2. The second-order valence-electron chi connectivity index (χ2n) is 4.13. The van der Waals surface area contributed by atoms with E-state index in [2.05, 4.69) is 4.18 Å². The van der Waals surface area contributed by atoms with Gasteiger partial charge in [0, 0.05) is 0 Å². The van der Waals surface area contributed by atoms with E-state index in [1.54, 1.807) is 13.0 Å². The maximum atomic E-state index is 12.2. The molecule has 0 spiro atoms. The molecule has 0 aromatic heterocycles. The lowest BCUT2D eigenvalue weighted by Gasteiger charge is -2.13. The molecular weight excluding hydrogens is 281 g/mol. The summed E-state index contributed by atoms with van der Waals surface area (Å²) >= 11 is 0. The molecule has 1 aromatic rings. The van der Waals surface area contributed by atoms with E-state index in [1.165, 1.54) is 12.1 Å². The van der Waals surface area contributed by atoms with E-state index >= 15 is 0 Å². The van der Waals surface area contributed by atoms with Gasteiger partial charge >= 0.3 is 15.6 Å². The predicted octanol–water partition coefficient (Wildman–Crippen LogP) is 3.57. The molecule has 0 radical (unpaired) electrons. The van der Waals surface area contributed by atoms with Crippen molar-refractivity contribution < 1.29 is 25.8 Å². The van der Waals surface area contributed by atoms with E-state index in [0.29, 0.717) is 12.0 Å². The van der Waals surface area contributed by atoms with Crippen molar-refractivity contribution in [3.8, 4) is 5.75 Å². The minimum atomic E-state index is -5.61. The fraction of sp³-hybridized carbons (Fsp3) is 0.500. The van der Waals surface area contributed by atoms with Crippen molar-refractivity contribution in [3.05, 3.63) is 29.3 Å². The normalized spacial score (nSPS) is 12.5. The first-order chi connectivity index (χ1) is 8.69. The van der Waals surface area contributed by atoms with Gasteiger partial charge in [-0.3, -0.25) is 0 Å². The highest BCUT2D eigenvalue weighted by Crippen LogP contribution is 2.30. The van der Waals surface area contributed by atoms with Gasteiger partial charge in [0.05, 0.1) is 0 Å². The molecule has 0 amide bonds. The number of halogens is 3. The van der Waals surface area contributed by atoms with Gasteiger partial charge in [-0.2, -0.15) is 21.6 Å². The SMILES string of the molecule is CCCCc1cccc(OS(=O)(=O)C(F)(F)F)c1C. The van der Waals surface area contributed by atoms with Crippen LogP contribution in [0.1, 0.15) is 30.9 Å². The van der Waals surface area contributed by atoms with Crippen molar-refractivity contribution in [2.75, 3.05) is 0 Å². The van der Waals surface area contributed by atoms with Crippen molar-refractivity contribution in [1.82, 2.24) is 0 Å². The van der Waals surface area contributed by atoms with Crippen LogP contribution in [0.3, 0.4) is 0 Å². The average Bonchev–Trinajstić information content (AvgIpc) is 2.28. The second kappa shape index (κ2) is 5.81. The Morgan fingerprint density at radius 1 is 1.26 bits per heavy atom. The van der Waals surface area contributed by atoms with Crippen molar-refractivity contribution in [2.45, 2.75) is 38.6 Å². The zero-order chi connectivity index (χ0) is 14.7. The molecule has 19 heavy (non-hydrogen) atoms. The molecule has 0 bridgehead atoms. The molecule has 0 fully saturated rings. The fourth-order valence-electron chi connectivity index (χ4n) is 1.55. The van der Waals surface area contributed by atoms with Crippen LogP contribution in [0.5, 0.6) is 5.75 Å². The van der Waals surface area contributed by atoms with Crippen molar-refractivity contribution in [1.29, 1.82) is 0 Å². The Kier molecular flexibility index (Phi) is 4.84. The third kappa shape index (κ3) is 3.86. The number of alkyl halides is 3. The Morgan fingerprint density at radius 3 is 2.42 bits per heavy atom. The summed E-state index contributed by atoms with van der Waals surface area (Å²) in [6, 6.07) is 4.45. The van der Waals surface area contributed by atoms with E-state index < -0.39 is 15.6 Å². The van der Waals surface area contributed by atoms with Crippen LogP contribution < -0.4 is 4.18 Å². The lowest BCUT2D eigenvalue weighted by Crippen LogP contribution is -2.28. The van der Waals surface area contributed by atoms with Crippen molar-refractivity contribution in [3.63, 3.8) is 0 Å². The van der Waals surface area contributed by atoms with Gasteiger partial charge in [-0.05, 0) is 37.0 Å². The minimum Gasteiger partial charge on any atom is -0.376 e. The van der Waals surface area contributed by atoms with Crippen LogP contribution in [0.2, 0.25) is 0 Å². The average molecular weight is 296 g/mol. The van der Waals surface area contributed by atoms with Crippen LogP contribution in [0, 0.1) is 6.92 Å². The van der Waals surface area contributed by atoms with Crippen LogP contribution in [-0.4, -0.2) is 13.9 Å². The molecule has 1 aromatic carbocycles. The van der Waals surface area contributed by atoms with Crippen LogP contribution >= 0.6 is 0 Å². The van der Waals surface area contributed by atoms with Gasteiger partial charge in [0.15, 0.2) is 0 Å². The van der Waals surface area contributed by atoms with Gasteiger partial charge in [-0.1, -0.05) is 25.5 Å². The summed E-state index contributed by atoms with van der Waals surface area (Å²) in [6.07, 6.45) is 2.48. The monoisotopic (exact) mass is 296 g/mol. The highest BCUT2D eigenvalue weighted by atomic mass is 32.2. The van der Waals surface area contributed by atoms with Crippen molar-refractivity contribution in [2.24, 2.45) is 0 Å². The van der Waals surface area contributed by atoms with Crippen LogP contribution in [-0.2, 0) is 16.5 Å². The number of benzene rings is 1. The fourth-order valence-corrected chi connectivity index (χ4v) is 2.07. The molecule has 0 aliphatic carbocycles. The summed E-state index contributed by atoms with van der Waals surface area (Å²) < 4.78 is 62.8. The maximum Gasteiger partial charge on any atom is 0.534 e. The van der Waals surface area contributed by atoms with Gasteiger partial charge in [0.25, 0.3) is 0 Å². The quantitative estimate of drug-likeness (QED) is 0.616. The Labute approximate surface area is 110 Å². The summed E-state index contributed by atoms with van der Waals surface area (Å²) in [5.41, 5.74) is -4.21. The standard InChI is InChI=1S/C12H15F3O3S/c1-3-4-6-10-7-5-8-11(9(10)2)18-19(16,17)12(13,14)15/h5,7-8H,3-4,6H2,1-2H3. The largest absolute Gasteiger partial charge is 0.534 e. The topological polar surface area (TPSA) is 43.4 Å². The smallest absolute Gasteiger partial charge is 0.376 e. The van der Waals surface area contributed by atoms with E-state index in [0.717, 1.165) is 18.4 Å². The molecule has 1 rings (SSSR count). The number of hydrogen-bond acceptors (Lipinski definition) is 3. The summed E-state index contributed by atoms with van der Waals surface area (Å²) in [5, 5.41) is 0. The first-order valence-electron chi connectivity index (χ1n) is 5.78. The number of rotatable bonds is 5. The Morgan fingerprint density at radius 2 is 1.89 bits per heavy atom. The zero-order valence-electron chi connectivity index (χ0n) is 10.6. The number of hydrogen-bond donors (Lipinski definition) is 0. The van der Waals surface area contributed by atoms with Crippen LogP contribution in [0.25, 0.3) is 0 Å². The van der Waals surface area contributed by atoms with Gasteiger partial charge in [0.1, 0.15) is 5.75 Å². The summed E-state index contributed by atoms with van der Waals surface area (Å²) in [7, 11) is -5.61. The second-order valence-corrected chi connectivity index (χ2v) is 5.66. The Hall–Kier alpha value is -1.24. The molecular formula is C12H15F3O3S. The number of aryl methyl sites for hydroxylation is 1. The third-order valence-corrected chi connectivity index (χ3v) is 3.64. The predicted molar refractivity (Wildman–Crippen MR) is 65.4 cm³/mol. The van der Waals surface area contributed by atoms with Crippen molar-refractivity contribution >= 4 is 10.1 Å². The van der Waals surface area contributed by atoms with Crippen LogP contribution in [0.15, 0.2) is 18.2 Å². The highest BCUT2D eigenvalue weighted by Gasteiger charge is 2.48. The third-order valence-electron chi connectivity index (χ3n) is 2.68. The highest BCUT2D eigenvalue weighted by molar-refractivity contribution is 7.88. The lowest BCUT2D eigenvalue weighted by atomic mass is 10.0. The van der Waals surface area contributed by atoms with Gasteiger partial charge in [-0.15, -0.1) is 0 Å². The summed E-state index contributed by atoms with van der Waals surface area (Å²) in [4.78, 5) is 0. The molecule has 0 aliphatic heterocycles. The van der Waals surface area contributed by atoms with Gasteiger partial charge in [0.2, 0.25) is 0 Å². The minimum absolute atomic E-state index is 0.272. The first kappa shape index (κ1) is 15.8. The lowest BCUT2D eigenvalue weighted by molar-refractivity contribution is -0.0500. The molecule has 0 atom stereocenters. The van der Waals surface area contributed by atoms with E-state index in [1.807, 2.05) is 6.92 Å². The molecule has 0 heterocycles. The molecule has 0 saturated heterocycles. The molecule has 0 N–H and O–H groups in total. The molecule has 7 heteroatoms. The molecule has 0 saturated carbocycles. The molecule has 108 valence electrons. The molecule has 0 unspecified atom stereocenters. The molecule has 0 aliphatic rings. The van der Waals surface area contributed by atoms with E-state index in [9.17, 15) is 21.6 Å². The van der Waals surface area contributed by atoms with Crippen LogP contribution in [0.4, 0.5) is 13.2 Å². The Balaban J connectivity index is 3.03. The molecule has 3 nitrogen and oxygen atoms in total.